The van der Waals surface area contributed by atoms with Gasteiger partial charge in [0.1, 0.15) is 5.69 Å². The van der Waals surface area contributed by atoms with Gasteiger partial charge < -0.3 is 14.8 Å². The number of hydrogen-bond donors (Lipinski definition) is 1. The SMILES string of the molecule is CNCCN(C)C(=O)c1cccn1C1CC1. The van der Waals surface area contributed by atoms with Gasteiger partial charge in [0.05, 0.1) is 0 Å². The molecule has 1 N–H and O–H groups in total. The highest BCUT2D eigenvalue weighted by molar-refractivity contribution is 5.92. The van der Waals surface area contributed by atoms with E-state index < -0.39 is 0 Å². The van der Waals surface area contributed by atoms with Gasteiger partial charge in [-0.2, -0.15) is 0 Å². The third-order valence-corrected chi connectivity index (χ3v) is 2.98. The van der Waals surface area contributed by atoms with E-state index in [1.807, 2.05) is 32.4 Å². The Morgan fingerprint density at radius 3 is 3.00 bits per heavy atom. The second-order valence-corrected chi connectivity index (χ2v) is 4.36. The fraction of sp³-hybridized carbons (Fsp3) is 0.583. The quantitative estimate of drug-likeness (QED) is 0.809. The van der Waals surface area contributed by atoms with Crippen LogP contribution in [0.2, 0.25) is 0 Å². The first-order chi connectivity index (χ1) is 7.74. The molecule has 0 atom stereocenters. The van der Waals surface area contributed by atoms with E-state index in [4.69, 9.17) is 0 Å². The molecule has 0 saturated heterocycles. The number of likely N-dealkylation sites (N-methyl/N-ethyl adjacent to an activating group) is 2. The van der Waals surface area contributed by atoms with E-state index in [9.17, 15) is 4.79 Å². The summed E-state index contributed by atoms with van der Waals surface area (Å²) in [5.41, 5.74) is 0.820. The van der Waals surface area contributed by atoms with Crippen molar-refractivity contribution in [2.45, 2.75) is 18.9 Å². The van der Waals surface area contributed by atoms with Crippen molar-refractivity contribution in [3.63, 3.8) is 0 Å². The summed E-state index contributed by atoms with van der Waals surface area (Å²) >= 11 is 0. The smallest absolute Gasteiger partial charge is 0.270 e. The first-order valence-electron chi connectivity index (χ1n) is 5.81. The highest BCUT2D eigenvalue weighted by Gasteiger charge is 2.27. The molecule has 1 aromatic rings. The lowest BCUT2D eigenvalue weighted by molar-refractivity contribution is 0.0786. The fourth-order valence-electron chi connectivity index (χ4n) is 1.82. The Balaban J connectivity index is 2.04. The van der Waals surface area contributed by atoms with E-state index in [0.717, 1.165) is 18.8 Å². The van der Waals surface area contributed by atoms with Crippen LogP contribution >= 0.6 is 0 Å². The molecule has 1 aliphatic carbocycles. The molecule has 2 rings (SSSR count). The summed E-state index contributed by atoms with van der Waals surface area (Å²) in [5, 5.41) is 3.05. The van der Waals surface area contributed by atoms with Gasteiger partial charge in [-0.3, -0.25) is 4.79 Å². The molecule has 4 heteroatoms. The molecule has 0 aromatic carbocycles. The second kappa shape index (κ2) is 4.70. The summed E-state index contributed by atoms with van der Waals surface area (Å²) in [5.74, 6) is 0.118. The average Bonchev–Trinajstić information content (AvgIpc) is 3.03. The third-order valence-electron chi connectivity index (χ3n) is 2.98. The summed E-state index contributed by atoms with van der Waals surface area (Å²) < 4.78 is 2.11. The maximum Gasteiger partial charge on any atom is 0.270 e. The zero-order valence-electron chi connectivity index (χ0n) is 9.94. The van der Waals surface area contributed by atoms with E-state index in [-0.39, 0.29) is 5.91 Å². The van der Waals surface area contributed by atoms with Crippen LogP contribution in [0.25, 0.3) is 0 Å². The van der Waals surface area contributed by atoms with Crippen LogP contribution in [0.15, 0.2) is 18.3 Å². The Bertz CT molecular complexity index is 368. The Morgan fingerprint density at radius 2 is 2.38 bits per heavy atom. The minimum Gasteiger partial charge on any atom is -0.340 e. The highest BCUT2D eigenvalue weighted by atomic mass is 16.2. The van der Waals surface area contributed by atoms with Crippen molar-refractivity contribution in [1.29, 1.82) is 0 Å². The standard InChI is InChI=1S/C12H19N3O/c1-13-7-9-14(2)12(16)11-4-3-8-15(11)10-5-6-10/h3-4,8,10,13H,5-7,9H2,1-2H3. The number of carbonyl (C=O) groups excluding carboxylic acids is 1. The third kappa shape index (κ3) is 2.27. The van der Waals surface area contributed by atoms with Gasteiger partial charge in [-0.1, -0.05) is 0 Å². The van der Waals surface area contributed by atoms with E-state index in [0.29, 0.717) is 6.04 Å². The topological polar surface area (TPSA) is 37.3 Å². The van der Waals surface area contributed by atoms with Gasteiger partial charge in [-0.25, -0.2) is 0 Å². The molecule has 1 amide bonds. The van der Waals surface area contributed by atoms with Gasteiger partial charge in [-0.05, 0) is 32.0 Å². The summed E-state index contributed by atoms with van der Waals surface area (Å²) in [6, 6.07) is 4.43. The molecule has 1 heterocycles. The predicted octanol–water partition coefficient (Wildman–Crippen LogP) is 1.11. The van der Waals surface area contributed by atoms with Crippen LogP contribution in [-0.2, 0) is 0 Å². The largest absolute Gasteiger partial charge is 0.340 e. The molecule has 0 radical (unpaired) electrons. The molecule has 0 unspecified atom stereocenters. The van der Waals surface area contributed by atoms with Crippen LogP contribution in [-0.4, -0.2) is 42.6 Å². The zero-order valence-corrected chi connectivity index (χ0v) is 9.94. The normalized spacial score (nSPS) is 15.1. The second-order valence-electron chi connectivity index (χ2n) is 4.36. The molecule has 1 fully saturated rings. The minimum atomic E-state index is 0.118. The molecular formula is C12H19N3O. The van der Waals surface area contributed by atoms with Crippen LogP contribution < -0.4 is 5.32 Å². The van der Waals surface area contributed by atoms with Gasteiger partial charge in [0.2, 0.25) is 0 Å². The van der Waals surface area contributed by atoms with Crippen LogP contribution in [0.3, 0.4) is 0 Å². The molecule has 16 heavy (non-hydrogen) atoms. The number of amides is 1. The highest BCUT2D eigenvalue weighted by Crippen LogP contribution is 2.36. The number of carbonyl (C=O) groups is 1. The van der Waals surface area contributed by atoms with E-state index in [2.05, 4.69) is 9.88 Å². The Hall–Kier alpha value is -1.29. The van der Waals surface area contributed by atoms with Crippen molar-refractivity contribution in [2.75, 3.05) is 27.2 Å². The van der Waals surface area contributed by atoms with Gasteiger partial charge >= 0.3 is 0 Å². The van der Waals surface area contributed by atoms with Crippen molar-refractivity contribution < 1.29 is 4.79 Å². The van der Waals surface area contributed by atoms with E-state index >= 15 is 0 Å². The fourth-order valence-corrected chi connectivity index (χ4v) is 1.82. The molecular weight excluding hydrogens is 202 g/mol. The maximum atomic E-state index is 12.1. The lowest BCUT2D eigenvalue weighted by atomic mass is 10.3. The molecule has 1 saturated carbocycles. The Kier molecular flexibility index (Phi) is 3.29. The number of hydrogen-bond acceptors (Lipinski definition) is 2. The number of rotatable bonds is 5. The summed E-state index contributed by atoms with van der Waals surface area (Å²) in [7, 11) is 3.75. The Morgan fingerprint density at radius 1 is 1.62 bits per heavy atom. The minimum absolute atomic E-state index is 0.118. The average molecular weight is 221 g/mol. The zero-order chi connectivity index (χ0) is 11.5. The summed E-state index contributed by atoms with van der Waals surface area (Å²) in [4.78, 5) is 13.9. The lowest BCUT2D eigenvalue weighted by Crippen LogP contribution is -2.33. The molecule has 1 aliphatic rings. The number of nitrogens with one attached hydrogen (secondary N) is 1. The Labute approximate surface area is 96.2 Å². The number of aromatic nitrogens is 1. The summed E-state index contributed by atoms with van der Waals surface area (Å²) in [6.45, 7) is 1.57. The molecule has 1 aromatic heterocycles. The first kappa shape index (κ1) is 11.2. The van der Waals surface area contributed by atoms with Crippen molar-refractivity contribution in [2.24, 2.45) is 0 Å². The lowest BCUT2D eigenvalue weighted by Gasteiger charge is -2.18. The van der Waals surface area contributed by atoms with Crippen molar-refractivity contribution in [3.05, 3.63) is 24.0 Å². The van der Waals surface area contributed by atoms with Crippen molar-refractivity contribution in [1.82, 2.24) is 14.8 Å². The van der Waals surface area contributed by atoms with Gasteiger partial charge in [-0.15, -0.1) is 0 Å². The molecule has 4 nitrogen and oxygen atoms in total. The van der Waals surface area contributed by atoms with Gasteiger partial charge in [0, 0.05) is 32.4 Å². The molecule has 0 aliphatic heterocycles. The monoisotopic (exact) mass is 221 g/mol. The van der Waals surface area contributed by atoms with E-state index in [1.54, 1.807) is 4.90 Å². The van der Waals surface area contributed by atoms with Gasteiger partial charge in [0.15, 0.2) is 0 Å². The molecule has 0 bridgehead atoms. The number of nitrogens with zero attached hydrogens (tertiary/aromatic N) is 2. The van der Waals surface area contributed by atoms with Crippen molar-refractivity contribution in [3.8, 4) is 0 Å². The predicted molar refractivity (Wildman–Crippen MR) is 63.6 cm³/mol. The van der Waals surface area contributed by atoms with Gasteiger partial charge in [0.25, 0.3) is 5.91 Å². The van der Waals surface area contributed by atoms with Crippen LogP contribution in [0.1, 0.15) is 29.4 Å². The van der Waals surface area contributed by atoms with E-state index in [1.165, 1.54) is 12.8 Å². The van der Waals surface area contributed by atoms with Crippen LogP contribution in [0.5, 0.6) is 0 Å². The molecule has 88 valence electrons. The van der Waals surface area contributed by atoms with Crippen LogP contribution in [0, 0.1) is 0 Å². The van der Waals surface area contributed by atoms with Crippen molar-refractivity contribution >= 4 is 5.91 Å². The van der Waals surface area contributed by atoms with Crippen LogP contribution in [0.4, 0.5) is 0 Å². The maximum absolute atomic E-state index is 12.1. The summed E-state index contributed by atoms with van der Waals surface area (Å²) in [6.07, 6.45) is 4.42. The molecule has 0 spiro atoms. The first-order valence-corrected chi connectivity index (χ1v) is 5.81.